The van der Waals surface area contributed by atoms with Crippen molar-refractivity contribution in [2.24, 2.45) is 0 Å². The van der Waals surface area contributed by atoms with Crippen molar-refractivity contribution in [3.63, 3.8) is 0 Å². The third-order valence-corrected chi connectivity index (χ3v) is 0.740. The highest BCUT2D eigenvalue weighted by Crippen LogP contribution is 2.09. The van der Waals surface area contributed by atoms with Crippen molar-refractivity contribution in [1.29, 1.82) is 0 Å². The average molecular weight is 157 g/mol. The molecule has 0 aliphatic heterocycles. The van der Waals surface area contributed by atoms with Gasteiger partial charge in [0.2, 0.25) is 0 Å². The Morgan fingerprint density at radius 2 is 2.11 bits per heavy atom. The lowest BCUT2D eigenvalue weighted by Crippen LogP contribution is -2.26. The van der Waals surface area contributed by atoms with Crippen LogP contribution in [0.3, 0.4) is 0 Å². The van der Waals surface area contributed by atoms with E-state index in [0.29, 0.717) is 0 Å². The van der Waals surface area contributed by atoms with E-state index in [0.717, 1.165) is 0 Å². The van der Waals surface area contributed by atoms with E-state index >= 15 is 0 Å². The van der Waals surface area contributed by atoms with Crippen LogP contribution in [0.15, 0.2) is 0 Å². The smallest absolute Gasteiger partial charge is 0.156 e. The Kier molecular flexibility index (Phi) is 4.10. The number of alkyl halides is 2. The minimum atomic E-state index is -0.880. The molecule has 9 heavy (non-hydrogen) atoms. The zero-order valence-electron chi connectivity index (χ0n) is 5.49. The van der Waals surface area contributed by atoms with Crippen molar-refractivity contribution in [3.05, 3.63) is 0 Å². The molecule has 4 heteroatoms. The molecule has 56 valence electrons. The molecule has 0 rings (SSSR count). The van der Waals surface area contributed by atoms with Crippen LogP contribution in [0, 0.1) is 0 Å². The number of hydrogen-bond acceptors (Lipinski definition) is 2. The van der Waals surface area contributed by atoms with E-state index in [9.17, 15) is 4.39 Å². The maximum Gasteiger partial charge on any atom is 0.156 e. The van der Waals surface area contributed by atoms with Crippen LogP contribution in [0.1, 0.15) is 13.8 Å². The van der Waals surface area contributed by atoms with E-state index in [1.807, 2.05) is 0 Å². The van der Waals surface area contributed by atoms with Crippen molar-refractivity contribution in [3.8, 4) is 0 Å². The predicted octanol–water partition coefficient (Wildman–Crippen LogP) is 1.88. The molecule has 0 spiro atoms. The lowest BCUT2D eigenvalue weighted by molar-refractivity contribution is -0.344. The Labute approximate surface area is 58.8 Å². The van der Waals surface area contributed by atoms with Gasteiger partial charge in [-0.25, -0.2) is 14.2 Å². The van der Waals surface area contributed by atoms with Crippen molar-refractivity contribution in [2.75, 3.05) is 12.7 Å². The number of halogens is 2. The molecule has 0 bridgehead atoms. The molecule has 0 fully saturated rings. The van der Waals surface area contributed by atoms with E-state index in [2.05, 4.69) is 9.78 Å². The average Bonchev–Trinajstić information content (AvgIpc) is 1.84. The third kappa shape index (κ3) is 4.63. The molecule has 0 aliphatic rings. The highest BCUT2D eigenvalue weighted by Gasteiger charge is 2.18. The zero-order valence-corrected chi connectivity index (χ0v) is 6.24. The Bertz CT molecular complexity index is 77.4. The van der Waals surface area contributed by atoms with Crippen LogP contribution in [0.2, 0.25) is 0 Å². The van der Waals surface area contributed by atoms with Gasteiger partial charge in [0, 0.05) is 0 Å². The van der Waals surface area contributed by atoms with Gasteiger partial charge in [0.25, 0.3) is 0 Å². The molecule has 0 N–H and O–H groups in total. The van der Waals surface area contributed by atoms with Gasteiger partial charge in [-0.05, 0) is 13.8 Å². The lowest BCUT2D eigenvalue weighted by Gasteiger charge is -2.17. The standard InChI is InChI=1S/C5H10ClFO2/c1-5(2,3-7)9-8-4-6/h3-4H2,1-2H3. The number of hydrogen-bond donors (Lipinski definition) is 0. The summed E-state index contributed by atoms with van der Waals surface area (Å²) in [7, 11) is 0. The zero-order chi connectivity index (χ0) is 7.33. The first-order chi connectivity index (χ1) is 4.12. The van der Waals surface area contributed by atoms with Gasteiger partial charge in [-0.15, -0.1) is 0 Å². The predicted molar refractivity (Wildman–Crippen MR) is 32.9 cm³/mol. The summed E-state index contributed by atoms with van der Waals surface area (Å²) >= 11 is 5.09. The summed E-state index contributed by atoms with van der Waals surface area (Å²) in [5.41, 5.74) is -0.880. The van der Waals surface area contributed by atoms with Gasteiger partial charge >= 0.3 is 0 Å². The van der Waals surface area contributed by atoms with Crippen LogP contribution < -0.4 is 0 Å². The molecule has 0 heterocycles. The van der Waals surface area contributed by atoms with Crippen LogP contribution in [0.5, 0.6) is 0 Å². The second-order valence-electron chi connectivity index (χ2n) is 2.20. The molecule has 0 unspecified atom stereocenters. The minimum Gasteiger partial charge on any atom is -0.248 e. The van der Waals surface area contributed by atoms with E-state index in [-0.39, 0.29) is 6.07 Å². The van der Waals surface area contributed by atoms with Crippen LogP contribution in [0.25, 0.3) is 0 Å². The Morgan fingerprint density at radius 3 is 2.44 bits per heavy atom. The van der Waals surface area contributed by atoms with E-state index in [4.69, 9.17) is 11.6 Å². The fourth-order valence-electron chi connectivity index (χ4n) is 0.204. The van der Waals surface area contributed by atoms with Crippen LogP contribution in [-0.2, 0) is 9.78 Å². The largest absolute Gasteiger partial charge is 0.248 e. The fourth-order valence-corrected chi connectivity index (χ4v) is 0.249. The second-order valence-corrected chi connectivity index (χ2v) is 2.42. The van der Waals surface area contributed by atoms with Crippen LogP contribution in [-0.4, -0.2) is 18.3 Å². The Balaban J connectivity index is 3.33. The fraction of sp³-hybridized carbons (Fsp3) is 1.00. The van der Waals surface area contributed by atoms with E-state index in [1.54, 1.807) is 13.8 Å². The summed E-state index contributed by atoms with van der Waals surface area (Å²) in [5, 5.41) is 0. The summed E-state index contributed by atoms with van der Waals surface area (Å²) in [6.07, 6.45) is 0. The third-order valence-electron chi connectivity index (χ3n) is 0.651. The van der Waals surface area contributed by atoms with Crippen LogP contribution in [0.4, 0.5) is 4.39 Å². The molecule has 0 saturated heterocycles. The monoisotopic (exact) mass is 156 g/mol. The molecule has 2 nitrogen and oxygen atoms in total. The highest BCUT2D eigenvalue weighted by atomic mass is 35.5. The molecular weight excluding hydrogens is 147 g/mol. The molecular formula is C5H10ClFO2. The van der Waals surface area contributed by atoms with Crippen molar-refractivity contribution in [2.45, 2.75) is 19.4 Å². The summed E-state index contributed by atoms with van der Waals surface area (Å²) in [4.78, 5) is 8.84. The summed E-state index contributed by atoms with van der Waals surface area (Å²) in [5.74, 6) is 0. The molecule has 0 saturated carbocycles. The Hall–Kier alpha value is 0.140. The lowest BCUT2D eigenvalue weighted by atomic mass is 10.2. The highest BCUT2D eigenvalue weighted by molar-refractivity contribution is 6.17. The second kappa shape index (κ2) is 4.04. The maximum absolute atomic E-state index is 11.8. The molecule has 0 radical (unpaired) electrons. The quantitative estimate of drug-likeness (QED) is 0.352. The van der Waals surface area contributed by atoms with Gasteiger partial charge < -0.3 is 0 Å². The van der Waals surface area contributed by atoms with Gasteiger partial charge in [0.1, 0.15) is 12.3 Å². The maximum atomic E-state index is 11.8. The summed E-state index contributed by atoms with van der Waals surface area (Å²) < 4.78 is 11.8. The molecule has 0 aromatic heterocycles. The topological polar surface area (TPSA) is 18.5 Å². The van der Waals surface area contributed by atoms with Gasteiger partial charge in [-0.1, -0.05) is 11.6 Å². The van der Waals surface area contributed by atoms with Crippen molar-refractivity contribution >= 4 is 11.6 Å². The van der Waals surface area contributed by atoms with E-state index < -0.39 is 12.3 Å². The first kappa shape index (κ1) is 9.14. The van der Waals surface area contributed by atoms with Gasteiger partial charge in [-0.3, -0.25) is 0 Å². The van der Waals surface area contributed by atoms with Crippen molar-refractivity contribution < 1.29 is 14.2 Å². The van der Waals surface area contributed by atoms with E-state index in [1.165, 1.54) is 0 Å². The summed E-state index contributed by atoms with van der Waals surface area (Å²) in [6.45, 7) is 2.54. The molecule has 0 aliphatic carbocycles. The molecule has 0 aromatic carbocycles. The number of rotatable bonds is 4. The van der Waals surface area contributed by atoms with Crippen molar-refractivity contribution in [1.82, 2.24) is 0 Å². The SMILES string of the molecule is CC(C)(CF)OOCCl. The molecule has 0 aromatic rings. The normalized spacial score (nSPS) is 12.0. The minimum absolute atomic E-state index is 0.0799. The summed E-state index contributed by atoms with van der Waals surface area (Å²) in [6, 6.07) is -0.0799. The molecule has 0 amide bonds. The Morgan fingerprint density at radius 1 is 1.56 bits per heavy atom. The van der Waals surface area contributed by atoms with Gasteiger partial charge in [0.15, 0.2) is 6.07 Å². The van der Waals surface area contributed by atoms with Gasteiger partial charge in [0.05, 0.1) is 0 Å². The first-order valence-corrected chi connectivity index (χ1v) is 3.08. The first-order valence-electron chi connectivity index (χ1n) is 2.55. The molecule has 0 atom stereocenters. The van der Waals surface area contributed by atoms with Crippen LogP contribution >= 0.6 is 11.6 Å². The van der Waals surface area contributed by atoms with Gasteiger partial charge in [-0.2, -0.15) is 0 Å².